The lowest BCUT2D eigenvalue weighted by Crippen LogP contribution is -2.32. The summed E-state index contributed by atoms with van der Waals surface area (Å²) in [6.45, 7) is 0.702. The quantitative estimate of drug-likeness (QED) is 0.221. The third kappa shape index (κ3) is 6.79. The Bertz CT molecular complexity index is 1710. The molecule has 0 saturated carbocycles. The highest BCUT2D eigenvalue weighted by atomic mass is 32.2. The van der Waals surface area contributed by atoms with Gasteiger partial charge in [-0.15, -0.1) is 0 Å². The second-order valence-electron chi connectivity index (χ2n) is 9.68. The second kappa shape index (κ2) is 12.2. The molecule has 2 saturated heterocycles. The first-order valence-corrected chi connectivity index (χ1v) is 17.3. The number of benzene rings is 2. The van der Waals surface area contributed by atoms with Crippen LogP contribution in [0.15, 0.2) is 70.6 Å². The first-order chi connectivity index (χ1) is 19.5. The van der Waals surface area contributed by atoms with Gasteiger partial charge in [0, 0.05) is 37.0 Å². The van der Waals surface area contributed by atoms with Crippen LogP contribution in [-0.2, 0) is 24.9 Å². The lowest BCUT2D eigenvalue weighted by molar-refractivity contribution is -0.121. The van der Waals surface area contributed by atoms with E-state index < -0.39 is 31.8 Å². The zero-order chi connectivity index (χ0) is 29.2. The molecule has 2 aliphatic heterocycles. The predicted octanol–water partition coefficient (Wildman–Crippen LogP) is 4.19. The largest absolute Gasteiger partial charge is 0.292 e. The third-order valence-electron chi connectivity index (χ3n) is 6.81. The number of aromatic nitrogens is 2. The minimum absolute atomic E-state index is 0.174. The fraction of sp³-hybridized carbons (Fsp3) is 0.296. The van der Waals surface area contributed by atoms with Gasteiger partial charge in [-0.05, 0) is 43.2 Å². The molecule has 0 bridgehead atoms. The SMILES string of the molecule is O=C1/C(=C/c2cn(-c3ccccc3)nc2-c2cccc(S(=O)(=O)N3CCCCCC3)c2)SC(=S)N1CCS(=O)(=O)O. The average Bonchev–Trinajstić information content (AvgIpc) is 3.33. The molecule has 2 aliphatic rings. The summed E-state index contributed by atoms with van der Waals surface area (Å²) in [4.78, 5) is 14.7. The highest BCUT2D eigenvalue weighted by molar-refractivity contribution is 8.26. The number of nitrogens with zero attached hydrogens (tertiary/aromatic N) is 4. The second-order valence-corrected chi connectivity index (χ2v) is 14.9. The predicted molar refractivity (Wildman–Crippen MR) is 163 cm³/mol. The van der Waals surface area contributed by atoms with E-state index in [-0.39, 0.29) is 20.7 Å². The summed E-state index contributed by atoms with van der Waals surface area (Å²) in [5.41, 5.74) is 2.34. The first-order valence-electron chi connectivity index (χ1n) is 13.0. The van der Waals surface area contributed by atoms with Gasteiger partial charge in [-0.25, -0.2) is 13.1 Å². The fourth-order valence-corrected chi connectivity index (χ4v) is 7.98. The Morgan fingerprint density at radius 2 is 1.68 bits per heavy atom. The van der Waals surface area contributed by atoms with E-state index >= 15 is 0 Å². The lowest BCUT2D eigenvalue weighted by atomic mass is 10.1. The first kappa shape index (κ1) is 29.6. The van der Waals surface area contributed by atoms with Crippen LogP contribution in [-0.4, -0.2) is 76.0 Å². The number of amides is 1. The van der Waals surface area contributed by atoms with Gasteiger partial charge in [0.15, 0.2) is 0 Å². The van der Waals surface area contributed by atoms with E-state index in [1.807, 2.05) is 30.3 Å². The van der Waals surface area contributed by atoms with Crippen LogP contribution >= 0.6 is 24.0 Å². The van der Waals surface area contributed by atoms with Gasteiger partial charge in [0.1, 0.15) is 10.0 Å². The smallest absolute Gasteiger partial charge is 0.266 e. The Morgan fingerprint density at radius 3 is 2.37 bits per heavy atom. The minimum atomic E-state index is -4.28. The summed E-state index contributed by atoms with van der Waals surface area (Å²) < 4.78 is 62.0. The Morgan fingerprint density at radius 1 is 0.976 bits per heavy atom. The number of hydrogen-bond acceptors (Lipinski definition) is 8. The van der Waals surface area contributed by atoms with E-state index in [0.29, 0.717) is 29.9 Å². The van der Waals surface area contributed by atoms with Crippen molar-refractivity contribution in [1.29, 1.82) is 0 Å². The normalized spacial score (nSPS) is 18.3. The minimum Gasteiger partial charge on any atom is -0.292 e. The van der Waals surface area contributed by atoms with Gasteiger partial charge in [-0.3, -0.25) is 14.2 Å². The summed E-state index contributed by atoms with van der Waals surface area (Å²) in [6.07, 6.45) is 7.03. The van der Waals surface area contributed by atoms with Gasteiger partial charge >= 0.3 is 0 Å². The summed E-state index contributed by atoms with van der Waals surface area (Å²) in [5.74, 6) is -1.12. The molecule has 0 spiro atoms. The molecule has 1 amide bonds. The third-order valence-corrected chi connectivity index (χ3v) is 10.8. The Labute approximate surface area is 248 Å². The number of carbonyl (C=O) groups excluding carboxylic acids is 1. The maximum Gasteiger partial charge on any atom is 0.266 e. The number of para-hydroxylation sites is 1. The molecule has 1 aromatic heterocycles. The van der Waals surface area contributed by atoms with Crippen LogP contribution in [0.1, 0.15) is 31.2 Å². The summed E-state index contributed by atoms with van der Waals surface area (Å²) in [7, 11) is -7.99. The van der Waals surface area contributed by atoms with Gasteiger partial charge in [0.25, 0.3) is 16.0 Å². The monoisotopic (exact) mass is 632 g/mol. The molecular formula is C27H28N4O6S4. The number of sulfonamides is 1. The van der Waals surface area contributed by atoms with Crippen LogP contribution in [0.2, 0.25) is 0 Å². The topological polar surface area (TPSA) is 130 Å². The Balaban J connectivity index is 1.54. The molecule has 0 radical (unpaired) electrons. The van der Waals surface area contributed by atoms with Crippen molar-refractivity contribution in [2.45, 2.75) is 30.6 Å². The van der Waals surface area contributed by atoms with Crippen molar-refractivity contribution in [2.75, 3.05) is 25.4 Å². The van der Waals surface area contributed by atoms with Crippen LogP contribution in [0, 0.1) is 0 Å². The zero-order valence-electron chi connectivity index (χ0n) is 21.9. The van der Waals surface area contributed by atoms with Gasteiger partial charge in [-0.2, -0.15) is 17.8 Å². The molecule has 41 heavy (non-hydrogen) atoms. The molecule has 5 rings (SSSR count). The van der Waals surface area contributed by atoms with Crippen LogP contribution in [0.3, 0.4) is 0 Å². The van der Waals surface area contributed by atoms with Gasteiger partial charge < -0.3 is 0 Å². The number of carbonyl (C=O) groups is 1. The number of rotatable bonds is 8. The Hall–Kier alpha value is -2.88. The number of hydrogen-bond donors (Lipinski definition) is 1. The van der Waals surface area contributed by atoms with E-state index in [0.717, 1.165) is 48.0 Å². The van der Waals surface area contributed by atoms with Crippen molar-refractivity contribution >= 4 is 60.4 Å². The molecule has 3 aromatic rings. The van der Waals surface area contributed by atoms with Crippen molar-refractivity contribution in [3.8, 4) is 16.9 Å². The van der Waals surface area contributed by atoms with E-state index in [9.17, 15) is 21.6 Å². The summed E-state index contributed by atoms with van der Waals surface area (Å²) in [5, 5.41) is 4.76. The summed E-state index contributed by atoms with van der Waals surface area (Å²) in [6, 6.07) is 16.0. The van der Waals surface area contributed by atoms with Crippen LogP contribution < -0.4 is 0 Å². The van der Waals surface area contributed by atoms with E-state index in [4.69, 9.17) is 21.9 Å². The fourth-order valence-electron chi connectivity index (χ4n) is 4.71. The Kier molecular flexibility index (Phi) is 8.78. The standard InChI is InChI=1S/C27H28N4O6S4/c32-26-24(39-27(38)30(26)15-16-40(33,34)35)18-21-19-31(22-10-4-3-5-11-22)28-25(21)20-9-8-12-23(17-20)41(36,37)29-13-6-1-2-7-14-29/h3-5,8-12,17-19H,1-2,6-7,13-16H2,(H,33,34,35)/b24-18-. The van der Waals surface area contributed by atoms with E-state index in [1.165, 1.54) is 0 Å². The summed E-state index contributed by atoms with van der Waals surface area (Å²) >= 11 is 6.31. The molecule has 1 N–H and O–H groups in total. The molecule has 216 valence electrons. The van der Waals surface area contributed by atoms with Crippen molar-refractivity contribution in [3.05, 3.63) is 71.3 Å². The number of thiocarbonyl (C=S) groups is 1. The zero-order valence-corrected chi connectivity index (χ0v) is 25.2. The average molecular weight is 633 g/mol. The van der Waals surface area contributed by atoms with Crippen LogP contribution in [0.5, 0.6) is 0 Å². The molecule has 0 aliphatic carbocycles. The molecular weight excluding hydrogens is 605 g/mol. The maximum atomic E-state index is 13.5. The van der Waals surface area contributed by atoms with Crippen molar-refractivity contribution in [2.24, 2.45) is 0 Å². The van der Waals surface area contributed by atoms with Crippen molar-refractivity contribution in [1.82, 2.24) is 19.0 Å². The van der Waals surface area contributed by atoms with Crippen molar-refractivity contribution in [3.63, 3.8) is 0 Å². The van der Waals surface area contributed by atoms with Crippen LogP contribution in [0.4, 0.5) is 0 Å². The van der Waals surface area contributed by atoms with Gasteiger partial charge in [0.05, 0.1) is 21.2 Å². The molecule has 10 nitrogen and oxygen atoms in total. The van der Waals surface area contributed by atoms with Crippen molar-refractivity contribution < 1.29 is 26.2 Å². The van der Waals surface area contributed by atoms with Crippen LogP contribution in [0.25, 0.3) is 23.0 Å². The lowest BCUT2D eigenvalue weighted by Gasteiger charge is -2.20. The molecule has 3 heterocycles. The molecule has 14 heteroatoms. The maximum absolute atomic E-state index is 13.5. The van der Waals surface area contributed by atoms with Gasteiger partial charge in [-0.1, -0.05) is 67.2 Å². The molecule has 0 unspecified atom stereocenters. The highest BCUT2D eigenvalue weighted by Gasteiger charge is 2.33. The van der Waals surface area contributed by atoms with E-state index in [2.05, 4.69) is 0 Å². The molecule has 0 atom stereocenters. The molecule has 2 aromatic carbocycles. The van der Waals surface area contributed by atoms with E-state index in [1.54, 1.807) is 45.5 Å². The molecule has 2 fully saturated rings. The number of thioether (sulfide) groups is 1. The highest BCUT2D eigenvalue weighted by Crippen LogP contribution is 2.35. The van der Waals surface area contributed by atoms with Gasteiger partial charge in [0.2, 0.25) is 10.0 Å².